The lowest BCUT2D eigenvalue weighted by Crippen LogP contribution is -2.01. The Bertz CT molecular complexity index is 3550. The smallest absolute Gasteiger partial charge is 0.335 e. The van der Waals surface area contributed by atoms with E-state index in [9.17, 15) is 14.4 Å². The number of aryl methyl sites for hydroxylation is 4. The van der Waals surface area contributed by atoms with E-state index in [1.807, 2.05) is 124 Å². The van der Waals surface area contributed by atoms with Gasteiger partial charge in [-0.25, -0.2) is 9.59 Å². The van der Waals surface area contributed by atoms with Crippen molar-refractivity contribution in [2.45, 2.75) is 54.0 Å². The number of aromatic nitrogens is 5. The van der Waals surface area contributed by atoms with Crippen LogP contribution in [0.3, 0.4) is 0 Å². The summed E-state index contributed by atoms with van der Waals surface area (Å²) < 4.78 is 0. The van der Waals surface area contributed by atoms with Crippen LogP contribution in [-0.4, -0.2) is 52.9 Å². The van der Waals surface area contributed by atoms with E-state index in [0.717, 1.165) is 100.0 Å². The minimum absolute atomic E-state index is 0. The number of halogens is 2. The number of carbonyl (C=O) groups excluding carboxylic acids is 1. The SMILES string of the molecule is C.Cc1cc2c(cn1)Cc1cc(C(=O)O)ccc1-2.Cc1nccc2c1[nH]c1cc(C(=O)CCc3ccccc3Cl)ccc12.Cc1nccc2c1[nH]c1cc(C(=O)O)ccc12.NCc1ccccc1Cl. The molecule has 11 nitrogen and oxygen atoms in total. The van der Waals surface area contributed by atoms with Crippen LogP contribution in [0.25, 0.3) is 54.7 Å². The van der Waals surface area contributed by atoms with Gasteiger partial charge in [0, 0.05) is 91.9 Å². The van der Waals surface area contributed by atoms with Crippen molar-refractivity contribution >= 4 is 84.5 Å². The molecule has 5 aromatic carbocycles. The summed E-state index contributed by atoms with van der Waals surface area (Å²) >= 11 is 11.9. The number of nitrogens with one attached hydrogen (secondary N) is 2. The predicted molar refractivity (Wildman–Crippen MR) is 278 cm³/mol. The number of Topliss-reactive ketones (excluding diaryl/α,β-unsaturated/α-hetero) is 1. The third-order valence-electron chi connectivity index (χ3n) is 11.9. The molecule has 0 spiro atoms. The van der Waals surface area contributed by atoms with Crippen molar-refractivity contribution in [2.75, 3.05) is 0 Å². The number of aromatic carboxylic acids is 2. The van der Waals surface area contributed by atoms with E-state index in [-0.39, 0.29) is 18.8 Å². The van der Waals surface area contributed by atoms with E-state index < -0.39 is 11.9 Å². The number of benzene rings is 5. The molecule has 0 atom stereocenters. The summed E-state index contributed by atoms with van der Waals surface area (Å²) in [6, 6.07) is 37.5. The van der Waals surface area contributed by atoms with E-state index in [1.165, 1.54) is 11.1 Å². The van der Waals surface area contributed by atoms with Crippen LogP contribution in [0, 0.1) is 20.8 Å². The number of carbonyl (C=O) groups is 3. The second-order valence-corrected chi connectivity index (χ2v) is 17.2. The molecule has 11 rings (SSSR count). The first kappa shape index (κ1) is 49.2. The third-order valence-corrected chi connectivity index (χ3v) is 12.6. The number of hydrogen-bond acceptors (Lipinski definition) is 7. The fraction of sp³-hybridized carbons (Fsp3) is 0.143. The number of ketones is 1. The second kappa shape index (κ2) is 21.5. The topological polar surface area (TPSA) is 188 Å². The highest BCUT2D eigenvalue weighted by molar-refractivity contribution is 6.31. The van der Waals surface area contributed by atoms with Crippen LogP contribution in [0.15, 0.2) is 140 Å². The zero-order valence-electron chi connectivity index (χ0n) is 37.4. The Morgan fingerprint density at radius 1 is 0.594 bits per heavy atom. The van der Waals surface area contributed by atoms with Crippen LogP contribution in [0.5, 0.6) is 0 Å². The number of carboxylic acids is 2. The first-order chi connectivity index (χ1) is 32.8. The molecule has 0 fully saturated rings. The summed E-state index contributed by atoms with van der Waals surface area (Å²) in [4.78, 5) is 53.8. The average molecular weight is 958 g/mol. The third kappa shape index (κ3) is 10.9. The van der Waals surface area contributed by atoms with Gasteiger partial charge in [-0.1, -0.05) is 91.3 Å². The Hall–Kier alpha value is -7.70. The number of nitrogens with two attached hydrogens (primary N) is 1. The lowest BCUT2D eigenvalue weighted by Gasteiger charge is -2.04. The summed E-state index contributed by atoms with van der Waals surface area (Å²) in [5.74, 6) is -1.67. The van der Waals surface area contributed by atoms with Gasteiger partial charge in [-0.15, -0.1) is 0 Å². The van der Waals surface area contributed by atoms with Crippen LogP contribution in [-0.2, 0) is 19.4 Å². The predicted octanol–water partition coefficient (Wildman–Crippen LogP) is 13.3. The van der Waals surface area contributed by atoms with Gasteiger partial charge in [-0.05, 0) is 121 Å². The molecule has 0 unspecified atom stereocenters. The molecule has 69 heavy (non-hydrogen) atoms. The molecule has 1 aliphatic carbocycles. The Kier molecular flexibility index (Phi) is 15.3. The first-order valence-corrected chi connectivity index (χ1v) is 22.5. The van der Waals surface area contributed by atoms with E-state index in [0.29, 0.717) is 30.0 Å². The molecule has 0 bridgehead atoms. The summed E-state index contributed by atoms with van der Waals surface area (Å²) in [5, 5.41) is 23.7. The van der Waals surface area contributed by atoms with E-state index >= 15 is 0 Å². The molecule has 0 saturated heterocycles. The van der Waals surface area contributed by atoms with E-state index in [2.05, 4.69) is 31.0 Å². The van der Waals surface area contributed by atoms with Crippen molar-refractivity contribution in [2.24, 2.45) is 5.73 Å². The number of pyridine rings is 3. The van der Waals surface area contributed by atoms with Crippen LogP contribution in [0.2, 0.25) is 10.0 Å². The maximum Gasteiger partial charge on any atom is 0.335 e. The lowest BCUT2D eigenvalue weighted by atomic mass is 10.0. The summed E-state index contributed by atoms with van der Waals surface area (Å²) in [6.45, 7) is 6.38. The highest BCUT2D eigenvalue weighted by Crippen LogP contribution is 2.37. The Balaban J connectivity index is 0.000000142. The molecule has 0 radical (unpaired) electrons. The van der Waals surface area contributed by atoms with Crippen LogP contribution < -0.4 is 5.73 Å². The largest absolute Gasteiger partial charge is 0.478 e. The zero-order chi connectivity index (χ0) is 48.1. The quantitative estimate of drug-likeness (QED) is 0.0969. The standard InChI is InChI=1S/C21H17ClN2O.C14H11NO2.C13H10N2O2.C7H8ClN.CH4/c1-13-21-17(10-11-23-13)16-8-6-15(12-19(16)24-21)20(25)9-7-14-4-2-3-5-18(14)22;1-8-4-13-11(7-15-8)6-10-5-9(14(16)17)2-3-12(10)13;1-7-12-10(4-5-14-7)9-3-2-8(13(16)17)6-11(9)15-12;8-7-4-2-1-3-6(7)5-9;/h2-6,8,10-12,24H,7,9H2,1H3;2-5,7H,6H2,1H3,(H,16,17);2-6,15H,1H3,(H,16,17);1-4H,5,9H2;1H4. The molecule has 5 heterocycles. The van der Waals surface area contributed by atoms with Gasteiger partial charge < -0.3 is 25.9 Å². The Morgan fingerprint density at radius 3 is 1.67 bits per heavy atom. The Labute approximate surface area is 409 Å². The molecule has 5 aromatic heterocycles. The molecule has 13 heteroatoms. The monoisotopic (exact) mass is 956 g/mol. The molecule has 348 valence electrons. The van der Waals surface area contributed by atoms with Gasteiger partial charge in [0.05, 0.1) is 33.5 Å². The highest BCUT2D eigenvalue weighted by Gasteiger charge is 2.20. The maximum absolute atomic E-state index is 12.6. The molecular formula is C56H50Cl2N6O5. The summed E-state index contributed by atoms with van der Waals surface area (Å²) in [7, 11) is 0. The Morgan fingerprint density at radius 2 is 1.12 bits per heavy atom. The van der Waals surface area contributed by atoms with Gasteiger partial charge in [0.1, 0.15) is 0 Å². The van der Waals surface area contributed by atoms with Crippen LogP contribution in [0.4, 0.5) is 0 Å². The number of aromatic amines is 2. The number of nitrogens with zero attached hydrogens (tertiary/aromatic N) is 3. The first-order valence-electron chi connectivity index (χ1n) is 21.8. The molecule has 1 aliphatic rings. The van der Waals surface area contributed by atoms with E-state index in [1.54, 1.807) is 30.5 Å². The normalized spacial score (nSPS) is 11.0. The van der Waals surface area contributed by atoms with Gasteiger partial charge in [0.15, 0.2) is 5.78 Å². The fourth-order valence-corrected chi connectivity index (χ4v) is 8.76. The van der Waals surface area contributed by atoms with Crippen molar-refractivity contribution in [3.8, 4) is 11.1 Å². The molecule has 6 N–H and O–H groups in total. The highest BCUT2D eigenvalue weighted by atomic mass is 35.5. The van der Waals surface area contributed by atoms with Gasteiger partial charge in [-0.3, -0.25) is 19.7 Å². The minimum atomic E-state index is -0.916. The van der Waals surface area contributed by atoms with Gasteiger partial charge in [0.2, 0.25) is 0 Å². The zero-order valence-corrected chi connectivity index (χ0v) is 38.9. The van der Waals surface area contributed by atoms with Crippen molar-refractivity contribution in [1.82, 2.24) is 24.9 Å². The molecule has 0 amide bonds. The van der Waals surface area contributed by atoms with Crippen molar-refractivity contribution in [3.05, 3.63) is 206 Å². The average Bonchev–Trinajstić information content (AvgIpc) is 4.03. The minimum Gasteiger partial charge on any atom is -0.478 e. The maximum atomic E-state index is 12.6. The molecule has 10 aromatic rings. The molecule has 0 saturated carbocycles. The summed E-state index contributed by atoms with van der Waals surface area (Å²) in [6.07, 6.45) is 7.32. The molecular weight excluding hydrogens is 908 g/mol. The fourth-order valence-electron chi connectivity index (χ4n) is 8.32. The number of H-pyrrole nitrogens is 2. The van der Waals surface area contributed by atoms with Crippen molar-refractivity contribution in [1.29, 1.82) is 0 Å². The number of rotatable bonds is 7. The molecule has 0 aliphatic heterocycles. The van der Waals surface area contributed by atoms with Crippen molar-refractivity contribution < 1.29 is 24.6 Å². The second-order valence-electron chi connectivity index (χ2n) is 16.4. The number of hydrogen-bond donors (Lipinski definition) is 5. The number of fused-ring (bicyclic) bond motifs is 9. The summed E-state index contributed by atoms with van der Waals surface area (Å²) in [5.41, 5.74) is 19.9. The van der Waals surface area contributed by atoms with E-state index in [4.69, 9.17) is 39.1 Å². The lowest BCUT2D eigenvalue weighted by molar-refractivity contribution is 0.0686. The van der Waals surface area contributed by atoms with Crippen LogP contribution in [0.1, 0.15) is 84.3 Å². The van der Waals surface area contributed by atoms with Gasteiger partial charge >= 0.3 is 11.9 Å². The van der Waals surface area contributed by atoms with Gasteiger partial charge in [-0.2, -0.15) is 0 Å². The van der Waals surface area contributed by atoms with Gasteiger partial charge in [0.25, 0.3) is 0 Å². The van der Waals surface area contributed by atoms with Crippen LogP contribution >= 0.6 is 23.2 Å². The van der Waals surface area contributed by atoms with Crippen molar-refractivity contribution in [3.63, 3.8) is 0 Å². The number of carboxylic acid groups (broad SMARTS) is 2.